The van der Waals surface area contributed by atoms with Gasteiger partial charge in [0.25, 0.3) is 11.8 Å². The van der Waals surface area contributed by atoms with Crippen LogP contribution in [0.15, 0.2) is 54.7 Å². The van der Waals surface area contributed by atoms with Crippen molar-refractivity contribution in [1.29, 1.82) is 0 Å². The normalized spacial score (nSPS) is 15.8. The Balaban J connectivity index is 1.45. The number of nitrogens with one attached hydrogen (secondary N) is 3. The molecule has 0 unspecified atom stereocenters. The summed E-state index contributed by atoms with van der Waals surface area (Å²) in [5.74, 6) is -0.462. The number of benzene rings is 2. The third-order valence-corrected chi connectivity index (χ3v) is 6.34. The molecule has 0 radical (unpaired) electrons. The van der Waals surface area contributed by atoms with Gasteiger partial charge in [0.2, 0.25) is 0 Å². The van der Waals surface area contributed by atoms with Crippen LogP contribution < -0.4 is 21.7 Å². The molecule has 0 spiro atoms. The van der Waals surface area contributed by atoms with Crippen LogP contribution in [0.25, 0.3) is 11.3 Å². The molecule has 8 nitrogen and oxygen atoms in total. The van der Waals surface area contributed by atoms with Crippen molar-refractivity contribution in [2.45, 2.75) is 51.6 Å². The Morgan fingerprint density at radius 1 is 1.11 bits per heavy atom. The SMILES string of the molecule is CC(C)(C)c1ccc(CNC(=O)c2cccc(-c3cnc(N)c(C(=O)N[C@H]4CCCNC4)n3)c2)cc1. The molecule has 0 aliphatic carbocycles. The molecule has 1 atom stereocenters. The van der Waals surface area contributed by atoms with Gasteiger partial charge in [-0.2, -0.15) is 0 Å². The Labute approximate surface area is 212 Å². The van der Waals surface area contributed by atoms with E-state index >= 15 is 0 Å². The van der Waals surface area contributed by atoms with Gasteiger partial charge in [0.1, 0.15) is 0 Å². The number of nitrogens with zero attached hydrogens (tertiary/aromatic N) is 2. The third kappa shape index (κ3) is 6.26. The molecule has 188 valence electrons. The fourth-order valence-corrected chi connectivity index (χ4v) is 4.16. The summed E-state index contributed by atoms with van der Waals surface area (Å²) in [4.78, 5) is 34.3. The minimum atomic E-state index is -0.345. The average Bonchev–Trinajstić information content (AvgIpc) is 2.88. The number of carbonyl (C=O) groups excluding carboxylic acids is 2. The Kier molecular flexibility index (Phi) is 7.64. The molecule has 5 N–H and O–H groups in total. The number of carbonyl (C=O) groups is 2. The largest absolute Gasteiger partial charge is 0.382 e. The summed E-state index contributed by atoms with van der Waals surface area (Å²) in [6.07, 6.45) is 3.43. The molecule has 1 saturated heterocycles. The summed E-state index contributed by atoms with van der Waals surface area (Å²) in [6, 6.07) is 15.4. The van der Waals surface area contributed by atoms with E-state index in [0.717, 1.165) is 31.5 Å². The summed E-state index contributed by atoms with van der Waals surface area (Å²) in [5, 5.41) is 9.22. The summed E-state index contributed by atoms with van der Waals surface area (Å²) < 4.78 is 0. The first kappa shape index (κ1) is 25.3. The van der Waals surface area contributed by atoms with Crippen LogP contribution in [0.4, 0.5) is 5.82 Å². The number of anilines is 1. The number of nitrogen functional groups attached to an aromatic ring is 1. The van der Waals surface area contributed by atoms with Gasteiger partial charge >= 0.3 is 0 Å². The van der Waals surface area contributed by atoms with Crippen LogP contribution in [0.3, 0.4) is 0 Å². The second-order valence-corrected chi connectivity index (χ2v) is 10.2. The standard InChI is InChI=1S/C28H34N6O2/c1-28(2,3)21-11-9-18(10-12-21)15-32-26(35)20-7-4-6-19(14-20)23-17-31-25(29)24(34-23)27(36)33-22-8-5-13-30-16-22/h4,6-7,9-12,14,17,22,30H,5,8,13,15-16H2,1-3H3,(H2,29,31)(H,32,35)(H,33,36)/t22-/m0/s1. The van der Waals surface area contributed by atoms with E-state index < -0.39 is 0 Å². The predicted molar refractivity (Wildman–Crippen MR) is 142 cm³/mol. The van der Waals surface area contributed by atoms with Crippen molar-refractivity contribution in [3.8, 4) is 11.3 Å². The third-order valence-electron chi connectivity index (χ3n) is 6.34. The molecule has 2 heterocycles. The van der Waals surface area contributed by atoms with Crippen LogP contribution in [0.5, 0.6) is 0 Å². The van der Waals surface area contributed by atoms with Gasteiger partial charge in [-0.25, -0.2) is 9.97 Å². The van der Waals surface area contributed by atoms with Gasteiger partial charge in [0.05, 0.1) is 11.9 Å². The molecule has 1 aliphatic heterocycles. The van der Waals surface area contributed by atoms with Crippen LogP contribution >= 0.6 is 0 Å². The van der Waals surface area contributed by atoms with E-state index in [1.54, 1.807) is 18.2 Å². The van der Waals surface area contributed by atoms with Crippen molar-refractivity contribution in [3.63, 3.8) is 0 Å². The van der Waals surface area contributed by atoms with Gasteiger partial charge in [0, 0.05) is 30.3 Å². The predicted octanol–water partition coefficient (Wildman–Crippen LogP) is 3.44. The highest BCUT2D eigenvalue weighted by Gasteiger charge is 2.20. The average molecular weight is 487 g/mol. The lowest BCUT2D eigenvalue weighted by molar-refractivity contribution is 0.0923. The summed E-state index contributed by atoms with van der Waals surface area (Å²) in [6.45, 7) is 8.62. The van der Waals surface area contributed by atoms with Crippen LogP contribution in [0.2, 0.25) is 0 Å². The van der Waals surface area contributed by atoms with Gasteiger partial charge in [0.15, 0.2) is 11.5 Å². The van der Waals surface area contributed by atoms with Crippen molar-refractivity contribution in [2.75, 3.05) is 18.8 Å². The van der Waals surface area contributed by atoms with E-state index in [2.05, 4.69) is 58.8 Å². The molecular formula is C28H34N6O2. The minimum absolute atomic E-state index is 0.0350. The zero-order valence-corrected chi connectivity index (χ0v) is 21.1. The van der Waals surface area contributed by atoms with Gasteiger partial charge < -0.3 is 21.7 Å². The molecule has 4 rings (SSSR count). The topological polar surface area (TPSA) is 122 Å². The quantitative estimate of drug-likeness (QED) is 0.423. The lowest BCUT2D eigenvalue weighted by atomic mass is 9.87. The summed E-state index contributed by atoms with van der Waals surface area (Å²) >= 11 is 0. The number of nitrogens with two attached hydrogens (primary N) is 1. The number of amides is 2. The molecule has 2 aromatic carbocycles. The molecule has 2 amide bonds. The number of hydrogen-bond donors (Lipinski definition) is 4. The lowest BCUT2D eigenvalue weighted by Crippen LogP contribution is -2.46. The van der Waals surface area contributed by atoms with Crippen molar-refractivity contribution < 1.29 is 9.59 Å². The Morgan fingerprint density at radius 3 is 2.58 bits per heavy atom. The Morgan fingerprint density at radius 2 is 1.89 bits per heavy atom. The summed E-state index contributed by atoms with van der Waals surface area (Å²) in [5.41, 5.74) is 10.1. The molecule has 0 bridgehead atoms. The highest BCUT2D eigenvalue weighted by atomic mass is 16.2. The number of piperidine rings is 1. The first-order valence-electron chi connectivity index (χ1n) is 12.3. The zero-order valence-electron chi connectivity index (χ0n) is 21.1. The molecule has 1 fully saturated rings. The maximum Gasteiger partial charge on any atom is 0.274 e. The van der Waals surface area contributed by atoms with E-state index in [1.807, 2.05) is 18.2 Å². The van der Waals surface area contributed by atoms with E-state index in [1.165, 1.54) is 11.8 Å². The van der Waals surface area contributed by atoms with Gasteiger partial charge in [-0.1, -0.05) is 57.2 Å². The van der Waals surface area contributed by atoms with E-state index in [0.29, 0.717) is 23.4 Å². The first-order valence-corrected chi connectivity index (χ1v) is 12.3. The highest BCUT2D eigenvalue weighted by molar-refractivity contribution is 5.97. The number of hydrogen-bond acceptors (Lipinski definition) is 6. The van der Waals surface area contributed by atoms with Crippen molar-refractivity contribution in [3.05, 3.63) is 77.1 Å². The minimum Gasteiger partial charge on any atom is -0.382 e. The molecule has 36 heavy (non-hydrogen) atoms. The lowest BCUT2D eigenvalue weighted by Gasteiger charge is -2.23. The molecular weight excluding hydrogens is 452 g/mol. The molecule has 8 heteroatoms. The zero-order chi connectivity index (χ0) is 25.7. The Bertz CT molecular complexity index is 1230. The van der Waals surface area contributed by atoms with Crippen LogP contribution in [0.1, 0.15) is 65.6 Å². The molecule has 0 saturated carbocycles. The fourth-order valence-electron chi connectivity index (χ4n) is 4.16. The second kappa shape index (κ2) is 10.9. The summed E-state index contributed by atoms with van der Waals surface area (Å²) in [7, 11) is 0. The van der Waals surface area contributed by atoms with Gasteiger partial charge in [-0.05, 0) is 48.1 Å². The molecule has 1 aliphatic rings. The van der Waals surface area contributed by atoms with E-state index in [-0.39, 0.29) is 34.8 Å². The van der Waals surface area contributed by atoms with Gasteiger partial charge in [-0.15, -0.1) is 0 Å². The van der Waals surface area contributed by atoms with Gasteiger partial charge in [-0.3, -0.25) is 9.59 Å². The van der Waals surface area contributed by atoms with Crippen LogP contribution in [-0.2, 0) is 12.0 Å². The van der Waals surface area contributed by atoms with E-state index in [9.17, 15) is 9.59 Å². The Hall–Kier alpha value is -3.78. The molecule has 1 aromatic heterocycles. The van der Waals surface area contributed by atoms with Crippen molar-refractivity contribution in [2.24, 2.45) is 0 Å². The van der Waals surface area contributed by atoms with E-state index in [4.69, 9.17) is 5.73 Å². The second-order valence-electron chi connectivity index (χ2n) is 10.2. The smallest absolute Gasteiger partial charge is 0.274 e. The maximum atomic E-state index is 12.8. The fraction of sp³-hybridized carbons (Fsp3) is 0.357. The number of rotatable bonds is 6. The van der Waals surface area contributed by atoms with Crippen molar-refractivity contribution >= 4 is 17.6 Å². The number of aromatic nitrogens is 2. The highest BCUT2D eigenvalue weighted by Crippen LogP contribution is 2.23. The monoisotopic (exact) mass is 486 g/mol. The van der Waals surface area contributed by atoms with Crippen molar-refractivity contribution in [1.82, 2.24) is 25.9 Å². The molecule has 3 aromatic rings. The van der Waals surface area contributed by atoms with Crippen LogP contribution in [0, 0.1) is 0 Å². The van der Waals surface area contributed by atoms with Crippen LogP contribution in [-0.4, -0.2) is 40.9 Å². The first-order chi connectivity index (χ1) is 17.2. The maximum absolute atomic E-state index is 12.8.